The van der Waals surface area contributed by atoms with E-state index in [9.17, 15) is 0 Å². The van der Waals surface area contributed by atoms with E-state index in [-0.39, 0.29) is 17.2 Å². The van der Waals surface area contributed by atoms with Crippen LogP contribution < -0.4 is 0 Å². The normalized spacial score (nSPS) is 13.0. The summed E-state index contributed by atoms with van der Waals surface area (Å²) in [6, 6.07) is 41.6. The summed E-state index contributed by atoms with van der Waals surface area (Å²) in [5, 5.41) is 3.95. The number of hydrogen-bond acceptors (Lipinski definition) is 5. The molecule has 10 aromatic rings. The van der Waals surface area contributed by atoms with Crippen molar-refractivity contribution in [3.8, 4) is 56.4 Å². The molecule has 0 aliphatic carbocycles. The molecule has 3 heterocycles. The van der Waals surface area contributed by atoms with Gasteiger partial charge >= 0.3 is 0 Å². The van der Waals surface area contributed by atoms with Gasteiger partial charge in [-0.15, -0.1) is 0 Å². The fourth-order valence-corrected chi connectivity index (χ4v) is 6.71. The quantitative estimate of drug-likeness (QED) is 0.186. The molecule has 3 aromatic heterocycles. The second-order valence-corrected chi connectivity index (χ2v) is 12.0. The van der Waals surface area contributed by atoms with Crippen molar-refractivity contribution in [1.29, 1.82) is 0 Å². The van der Waals surface area contributed by atoms with E-state index in [1.165, 1.54) is 0 Å². The highest BCUT2D eigenvalue weighted by Crippen LogP contribution is 2.43. The zero-order valence-electron chi connectivity index (χ0n) is 31.4. The average Bonchev–Trinajstić information content (AvgIpc) is 3.80. The van der Waals surface area contributed by atoms with Gasteiger partial charge in [0.05, 0.1) is 6.85 Å². The zero-order valence-corrected chi connectivity index (χ0v) is 26.4. The smallest absolute Gasteiger partial charge is 0.164 e. The molecule has 0 aliphatic rings. The van der Waals surface area contributed by atoms with Gasteiger partial charge in [-0.2, -0.15) is 0 Å². The topological polar surface area (TPSA) is 65.0 Å². The Bertz CT molecular complexity index is 3130. The largest absolute Gasteiger partial charge is 0.456 e. The van der Waals surface area contributed by atoms with Crippen LogP contribution in [0, 0.1) is 0 Å². The molecule has 0 radical (unpaired) electrons. The molecule has 10 rings (SSSR count). The first-order valence-electron chi connectivity index (χ1n) is 18.7. The SMILES string of the molecule is [2H]c1c([2H])c([2H])c(-c2nc(-c3ccccc3)nc(-c3ccc4c(c3)oc3c(-c5cc(-c6ccccc6)c6c(c5)oc5ccccc56)cccc34)n2)c([2H])c1[2H]. The van der Waals surface area contributed by atoms with Crippen LogP contribution in [0.5, 0.6) is 0 Å². The summed E-state index contributed by atoms with van der Waals surface area (Å²) >= 11 is 0. The van der Waals surface area contributed by atoms with Crippen LogP contribution >= 0.6 is 0 Å². The van der Waals surface area contributed by atoms with Gasteiger partial charge < -0.3 is 8.83 Å². The van der Waals surface area contributed by atoms with Crippen LogP contribution in [0.4, 0.5) is 0 Å². The minimum Gasteiger partial charge on any atom is -0.456 e. The van der Waals surface area contributed by atoms with E-state index in [1.807, 2.05) is 97.1 Å². The Labute approximate surface area is 294 Å². The van der Waals surface area contributed by atoms with Crippen LogP contribution in [0.3, 0.4) is 0 Å². The second-order valence-electron chi connectivity index (χ2n) is 12.0. The number of nitrogens with zero attached hydrogens (tertiary/aromatic N) is 3. The molecule has 7 aromatic carbocycles. The summed E-state index contributed by atoms with van der Waals surface area (Å²) in [6.45, 7) is 0. The van der Waals surface area contributed by atoms with Gasteiger partial charge in [0, 0.05) is 43.8 Å². The van der Waals surface area contributed by atoms with E-state index < -0.39 is 30.2 Å². The third kappa shape index (κ3) is 4.67. The minimum atomic E-state index is -0.486. The van der Waals surface area contributed by atoms with Crippen molar-refractivity contribution in [3.63, 3.8) is 0 Å². The van der Waals surface area contributed by atoms with Crippen LogP contribution in [0.2, 0.25) is 0 Å². The lowest BCUT2D eigenvalue weighted by atomic mass is 9.94. The van der Waals surface area contributed by atoms with Crippen molar-refractivity contribution in [2.24, 2.45) is 0 Å². The molecule has 50 heavy (non-hydrogen) atoms. The summed E-state index contributed by atoms with van der Waals surface area (Å²) in [4.78, 5) is 14.1. The van der Waals surface area contributed by atoms with Crippen molar-refractivity contribution in [2.45, 2.75) is 0 Å². The number of hydrogen-bond donors (Lipinski definition) is 0. The first-order valence-corrected chi connectivity index (χ1v) is 16.2. The second kappa shape index (κ2) is 11.4. The molecule has 5 heteroatoms. The van der Waals surface area contributed by atoms with Crippen LogP contribution in [-0.4, -0.2) is 15.0 Å². The lowest BCUT2D eigenvalue weighted by molar-refractivity contribution is 0.668. The lowest BCUT2D eigenvalue weighted by Gasteiger charge is -2.09. The molecule has 0 N–H and O–H groups in total. The first-order chi connectivity index (χ1) is 26.8. The Morgan fingerprint density at radius 2 is 1.06 bits per heavy atom. The summed E-state index contributed by atoms with van der Waals surface area (Å²) in [7, 11) is 0. The fourth-order valence-electron chi connectivity index (χ4n) is 6.71. The van der Waals surface area contributed by atoms with Crippen molar-refractivity contribution in [3.05, 3.63) is 164 Å². The molecule has 5 nitrogen and oxygen atoms in total. The molecule has 0 amide bonds. The fraction of sp³-hybridized carbons (Fsp3) is 0. The standard InChI is InChI=1S/C45H27N3O2/c1-4-13-28(14-5-1)37-25-32(27-40-41(37)36-19-10-11-22-38(36)49-40)33-20-12-21-35-34-24-23-31(26-39(34)50-42(33)35)45-47-43(29-15-6-2-7-16-29)46-44(48-45)30-17-8-3-9-18-30/h1-27H/i2D,6D,7D,15D,16D. The van der Waals surface area contributed by atoms with E-state index in [1.54, 1.807) is 0 Å². The predicted octanol–water partition coefficient (Wildman–Crippen LogP) is 12.0. The lowest BCUT2D eigenvalue weighted by Crippen LogP contribution is -2.00. The zero-order chi connectivity index (χ0) is 37.4. The van der Waals surface area contributed by atoms with Gasteiger partial charge in [-0.3, -0.25) is 0 Å². The van der Waals surface area contributed by atoms with Gasteiger partial charge in [0.15, 0.2) is 17.5 Å². The van der Waals surface area contributed by atoms with Crippen LogP contribution in [0.15, 0.2) is 173 Å². The van der Waals surface area contributed by atoms with Crippen molar-refractivity contribution >= 4 is 43.9 Å². The molecule has 0 bridgehead atoms. The molecule has 0 atom stereocenters. The Morgan fingerprint density at radius 3 is 1.86 bits per heavy atom. The summed E-state index contributed by atoms with van der Waals surface area (Å²) in [6.07, 6.45) is 0. The van der Waals surface area contributed by atoms with Crippen molar-refractivity contribution in [1.82, 2.24) is 15.0 Å². The maximum Gasteiger partial charge on any atom is 0.164 e. The van der Waals surface area contributed by atoms with Gasteiger partial charge in [0.25, 0.3) is 0 Å². The highest BCUT2D eigenvalue weighted by molar-refractivity contribution is 6.15. The monoisotopic (exact) mass is 646 g/mol. The van der Waals surface area contributed by atoms with E-state index >= 15 is 0 Å². The summed E-state index contributed by atoms with van der Waals surface area (Å²) < 4.78 is 55.0. The Morgan fingerprint density at radius 1 is 0.400 bits per heavy atom. The van der Waals surface area contributed by atoms with Crippen molar-refractivity contribution in [2.75, 3.05) is 0 Å². The number of aromatic nitrogens is 3. The highest BCUT2D eigenvalue weighted by Gasteiger charge is 2.19. The summed E-state index contributed by atoms with van der Waals surface area (Å²) in [5.41, 5.74) is 8.12. The van der Waals surface area contributed by atoms with Gasteiger partial charge in [0.1, 0.15) is 22.3 Å². The third-order valence-corrected chi connectivity index (χ3v) is 9.02. The maximum absolute atomic E-state index is 8.62. The first kappa shape index (κ1) is 23.5. The van der Waals surface area contributed by atoms with Crippen LogP contribution in [0.1, 0.15) is 6.85 Å². The number of rotatable bonds is 5. The molecule has 0 fully saturated rings. The highest BCUT2D eigenvalue weighted by atomic mass is 16.3. The molecule has 0 unspecified atom stereocenters. The number of fused-ring (bicyclic) bond motifs is 6. The van der Waals surface area contributed by atoms with E-state index in [0.717, 1.165) is 55.0 Å². The number of benzene rings is 7. The van der Waals surface area contributed by atoms with Gasteiger partial charge in [-0.05, 0) is 47.0 Å². The van der Waals surface area contributed by atoms with E-state index in [0.29, 0.717) is 28.1 Å². The molecule has 0 saturated carbocycles. The van der Waals surface area contributed by atoms with E-state index in [4.69, 9.17) is 25.7 Å². The molecule has 0 spiro atoms. The summed E-state index contributed by atoms with van der Waals surface area (Å²) in [5.74, 6) is 0.540. The Kier molecular flexibility index (Phi) is 5.35. The predicted molar refractivity (Wildman–Crippen MR) is 202 cm³/mol. The van der Waals surface area contributed by atoms with Gasteiger partial charge in [0.2, 0.25) is 0 Å². The van der Waals surface area contributed by atoms with Crippen LogP contribution in [0.25, 0.3) is 100 Å². The molecular weight excluding hydrogens is 615 g/mol. The number of furan rings is 2. The van der Waals surface area contributed by atoms with Gasteiger partial charge in [-0.25, -0.2) is 15.0 Å². The minimum absolute atomic E-state index is 0.0250. The Balaban J connectivity index is 1.16. The maximum atomic E-state index is 8.62. The number of para-hydroxylation sites is 2. The van der Waals surface area contributed by atoms with E-state index in [2.05, 4.69) is 41.4 Å². The molecule has 0 saturated heterocycles. The molecule has 0 aliphatic heterocycles. The average molecular weight is 647 g/mol. The van der Waals surface area contributed by atoms with Crippen molar-refractivity contribution < 1.29 is 15.7 Å². The van der Waals surface area contributed by atoms with Crippen LogP contribution in [-0.2, 0) is 0 Å². The van der Waals surface area contributed by atoms with Gasteiger partial charge in [-0.1, -0.05) is 133 Å². The molecular formula is C45H27N3O2. The molecule has 234 valence electrons. The third-order valence-electron chi connectivity index (χ3n) is 9.02. The Hall–Kier alpha value is -6.85.